The molecule has 98 valence electrons. The van der Waals surface area contributed by atoms with Crippen molar-refractivity contribution in [2.45, 2.75) is 32.9 Å². The molecule has 0 spiro atoms. The lowest BCUT2D eigenvalue weighted by molar-refractivity contribution is 0.0990. The molecule has 0 aromatic carbocycles. The number of aryl methyl sites for hydroxylation is 1. The number of nitrogens with zero attached hydrogens (tertiary/aromatic N) is 1. The average molecular weight is 256 g/mol. The van der Waals surface area contributed by atoms with Gasteiger partial charge < -0.3 is 10.5 Å². The smallest absolute Gasteiger partial charge is 0.0590 e. The molecule has 2 N–H and O–H groups in total. The fourth-order valence-electron chi connectivity index (χ4n) is 2.09. The van der Waals surface area contributed by atoms with E-state index >= 15 is 0 Å². The zero-order chi connectivity index (χ0) is 12.8. The molecule has 0 amide bonds. The highest BCUT2D eigenvalue weighted by Gasteiger charge is 2.23. The summed E-state index contributed by atoms with van der Waals surface area (Å²) in [6.45, 7) is 8.90. The molecule has 1 unspecified atom stereocenters. The van der Waals surface area contributed by atoms with Gasteiger partial charge in [0.25, 0.3) is 0 Å². The summed E-state index contributed by atoms with van der Waals surface area (Å²) in [6, 6.07) is 2.95. The first-order valence-electron chi connectivity index (χ1n) is 6.10. The first-order chi connectivity index (χ1) is 8.11. The van der Waals surface area contributed by atoms with Gasteiger partial charge in [0.1, 0.15) is 0 Å². The minimum Gasteiger partial charge on any atom is -0.383 e. The Balaban J connectivity index is 2.85. The number of thiophene rings is 1. The predicted octanol–water partition coefficient (Wildman–Crippen LogP) is 2.41. The Morgan fingerprint density at radius 3 is 2.59 bits per heavy atom. The van der Waals surface area contributed by atoms with E-state index in [4.69, 9.17) is 10.5 Å². The van der Waals surface area contributed by atoms with Crippen LogP contribution in [0.15, 0.2) is 11.4 Å². The van der Waals surface area contributed by atoms with Crippen LogP contribution in [0.3, 0.4) is 0 Å². The summed E-state index contributed by atoms with van der Waals surface area (Å²) in [7, 11) is 1.74. The molecular weight excluding hydrogens is 232 g/mol. The van der Waals surface area contributed by atoms with E-state index in [9.17, 15) is 0 Å². The molecule has 0 fully saturated rings. The maximum Gasteiger partial charge on any atom is 0.0590 e. The second-order valence-electron chi connectivity index (χ2n) is 4.54. The van der Waals surface area contributed by atoms with Crippen molar-refractivity contribution in [2.24, 2.45) is 5.73 Å². The Morgan fingerprint density at radius 2 is 2.18 bits per heavy atom. The molecule has 0 aliphatic heterocycles. The molecule has 0 aliphatic carbocycles. The summed E-state index contributed by atoms with van der Waals surface area (Å²) in [6.07, 6.45) is 0. The van der Waals surface area contributed by atoms with Crippen LogP contribution >= 0.6 is 11.3 Å². The Labute approximate surface area is 109 Å². The zero-order valence-electron chi connectivity index (χ0n) is 11.3. The van der Waals surface area contributed by atoms with Crippen LogP contribution in [0, 0.1) is 6.92 Å². The van der Waals surface area contributed by atoms with Gasteiger partial charge in [0.15, 0.2) is 0 Å². The predicted molar refractivity (Wildman–Crippen MR) is 74.6 cm³/mol. The summed E-state index contributed by atoms with van der Waals surface area (Å²) in [5.74, 6) is 0. The van der Waals surface area contributed by atoms with Gasteiger partial charge in [-0.1, -0.05) is 0 Å². The summed E-state index contributed by atoms with van der Waals surface area (Å²) in [5.41, 5.74) is 7.31. The van der Waals surface area contributed by atoms with Crippen molar-refractivity contribution in [1.29, 1.82) is 0 Å². The number of ether oxygens (including phenoxy) is 1. The molecule has 1 rings (SSSR count). The number of hydrogen-bond donors (Lipinski definition) is 1. The van der Waals surface area contributed by atoms with Gasteiger partial charge in [-0.05, 0) is 37.8 Å². The second-order valence-corrected chi connectivity index (χ2v) is 5.49. The third-order valence-corrected chi connectivity index (χ3v) is 4.17. The van der Waals surface area contributed by atoms with Crippen molar-refractivity contribution in [3.63, 3.8) is 0 Å². The van der Waals surface area contributed by atoms with Gasteiger partial charge in [-0.3, -0.25) is 4.90 Å². The van der Waals surface area contributed by atoms with Crippen LogP contribution < -0.4 is 5.73 Å². The number of methoxy groups -OCH3 is 1. The lowest BCUT2D eigenvalue weighted by Gasteiger charge is -2.34. The Morgan fingerprint density at radius 1 is 1.47 bits per heavy atom. The molecule has 3 nitrogen and oxygen atoms in total. The van der Waals surface area contributed by atoms with Crippen molar-refractivity contribution in [3.05, 3.63) is 21.9 Å². The number of hydrogen-bond acceptors (Lipinski definition) is 4. The van der Waals surface area contributed by atoms with E-state index in [2.05, 4.69) is 37.1 Å². The lowest BCUT2D eigenvalue weighted by atomic mass is 10.1. The topological polar surface area (TPSA) is 38.5 Å². The summed E-state index contributed by atoms with van der Waals surface area (Å²) in [5, 5.41) is 2.14. The third-order valence-electron chi connectivity index (χ3n) is 3.04. The van der Waals surface area contributed by atoms with E-state index in [-0.39, 0.29) is 0 Å². The van der Waals surface area contributed by atoms with E-state index in [0.717, 1.165) is 13.2 Å². The van der Waals surface area contributed by atoms with Crippen LogP contribution in [-0.2, 0) is 4.74 Å². The minimum absolute atomic E-state index is 0.310. The van der Waals surface area contributed by atoms with Crippen LogP contribution in [0.2, 0.25) is 0 Å². The molecule has 1 aromatic heterocycles. The van der Waals surface area contributed by atoms with Crippen molar-refractivity contribution < 1.29 is 4.74 Å². The van der Waals surface area contributed by atoms with E-state index < -0.39 is 0 Å². The first kappa shape index (κ1) is 14.6. The molecule has 17 heavy (non-hydrogen) atoms. The highest BCUT2D eigenvalue weighted by molar-refractivity contribution is 7.10. The molecule has 0 radical (unpaired) electrons. The summed E-state index contributed by atoms with van der Waals surface area (Å²) >= 11 is 1.80. The SMILES string of the molecule is COCCN(C(C)C)C(CN)c1sccc1C. The lowest BCUT2D eigenvalue weighted by Crippen LogP contribution is -2.40. The molecule has 1 heterocycles. The Bertz CT molecular complexity index is 325. The zero-order valence-corrected chi connectivity index (χ0v) is 12.1. The monoisotopic (exact) mass is 256 g/mol. The Hall–Kier alpha value is -0.420. The molecule has 1 atom stereocenters. The van der Waals surface area contributed by atoms with E-state index in [1.165, 1.54) is 10.4 Å². The second kappa shape index (κ2) is 7.11. The van der Waals surface area contributed by atoms with E-state index in [1.54, 1.807) is 18.4 Å². The van der Waals surface area contributed by atoms with Gasteiger partial charge in [-0.25, -0.2) is 0 Å². The molecule has 0 saturated heterocycles. The van der Waals surface area contributed by atoms with Gasteiger partial charge in [0.2, 0.25) is 0 Å². The maximum absolute atomic E-state index is 5.97. The van der Waals surface area contributed by atoms with Crippen LogP contribution in [0.1, 0.15) is 30.3 Å². The molecule has 1 aromatic rings. The molecule has 0 bridgehead atoms. The van der Waals surface area contributed by atoms with E-state index in [1.807, 2.05) is 0 Å². The normalized spacial score (nSPS) is 13.6. The quantitative estimate of drug-likeness (QED) is 0.814. The fourth-order valence-corrected chi connectivity index (χ4v) is 3.15. The molecular formula is C13H24N2OS. The number of nitrogens with two attached hydrogens (primary N) is 1. The van der Waals surface area contributed by atoms with Crippen LogP contribution in [0.5, 0.6) is 0 Å². The molecule has 0 aliphatic rings. The van der Waals surface area contributed by atoms with Crippen LogP contribution in [0.25, 0.3) is 0 Å². The van der Waals surface area contributed by atoms with Crippen molar-refractivity contribution in [3.8, 4) is 0 Å². The van der Waals surface area contributed by atoms with E-state index in [0.29, 0.717) is 18.6 Å². The highest BCUT2D eigenvalue weighted by Crippen LogP contribution is 2.29. The van der Waals surface area contributed by atoms with Crippen LogP contribution in [0.4, 0.5) is 0 Å². The molecule has 4 heteroatoms. The minimum atomic E-state index is 0.310. The maximum atomic E-state index is 5.97. The standard InChI is InChI=1S/C13H24N2OS/c1-10(2)15(6-7-16-4)12(9-14)13-11(3)5-8-17-13/h5,8,10,12H,6-7,9,14H2,1-4H3. The highest BCUT2D eigenvalue weighted by atomic mass is 32.1. The average Bonchev–Trinajstić information content (AvgIpc) is 2.70. The van der Waals surface area contributed by atoms with Gasteiger partial charge in [-0.15, -0.1) is 11.3 Å². The third kappa shape index (κ3) is 3.78. The van der Waals surface area contributed by atoms with Crippen molar-refractivity contribution >= 4 is 11.3 Å². The largest absolute Gasteiger partial charge is 0.383 e. The first-order valence-corrected chi connectivity index (χ1v) is 6.98. The summed E-state index contributed by atoms with van der Waals surface area (Å²) < 4.78 is 5.19. The molecule has 0 saturated carbocycles. The fraction of sp³-hybridized carbons (Fsp3) is 0.692. The van der Waals surface area contributed by atoms with Gasteiger partial charge in [0.05, 0.1) is 12.6 Å². The van der Waals surface area contributed by atoms with Gasteiger partial charge in [-0.2, -0.15) is 0 Å². The van der Waals surface area contributed by atoms with Crippen molar-refractivity contribution in [1.82, 2.24) is 4.90 Å². The van der Waals surface area contributed by atoms with Gasteiger partial charge >= 0.3 is 0 Å². The van der Waals surface area contributed by atoms with Crippen molar-refractivity contribution in [2.75, 3.05) is 26.8 Å². The van der Waals surface area contributed by atoms with Gasteiger partial charge in [0, 0.05) is 31.1 Å². The van der Waals surface area contributed by atoms with Crippen LogP contribution in [-0.4, -0.2) is 37.7 Å². The summed E-state index contributed by atoms with van der Waals surface area (Å²) in [4.78, 5) is 3.81. The Kier molecular flexibility index (Phi) is 6.12. The number of rotatable bonds is 7.